The van der Waals surface area contributed by atoms with Crippen molar-refractivity contribution in [2.45, 2.75) is 71.9 Å². The normalized spacial score (nSPS) is 21.7. The van der Waals surface area contributed by atoms with E-state index in [2.05, 4.69) is 48.1 Å². The van der Waals surface area contributed by atoms with Crippen LogP contribution in [0.1, 0.15) is 59.8 Å². The van der Waals surface area contributed by atoms with Gasteiger partial charge in [0.15, 0.2) is 5.96 Å². The minimum absolute atomic E-state index is 0. The molecule has 2 aliphatic heterocycles. The summed E-state index contributed by atoms with van der Waals surface area (Å²) < 4.78 is 0. The molecule has 0 bridgehead atoms. The quantitative estimate of drug-likeness (QED) is 0.335. The van der Waals surface area contributed by atoms with Crippen molar-refractivity contribution in [3.8, 4) is 0 Å². The van der Waals surface area contributed by atoms with Crippen LogP contribution in [-0.4, -0.2) is 73.7 Å². The van der Waals surface area contributed by atoms with Gasteiger partial charge in [-0.3, -0.25) is 4.99 Å². The first-order valence-electron chi connectivity index (χ1n) is 10.6. The van der Waals surface area contributed by atoms with Gasteiger partial charge in [-0.2, -0.15) is 0 Å². The number of hydrogen-bond donors (Lipinski definition) is 2. The SMILES string of the molecule is CCNC(=NCCC1CCN(CC)CC1)NC1CCN(C(C)C)CC1.I. The van der Waals surface area contributed by atoms with Crippen LogP contribution in [0, 0.1) is 5.92 Å². The van der Waals surface area contributed by atoms with Gasteiger partial charge in [0.05, 0.1) is 0 Å². The van der Waals surface area contributed by atoms with Gasteiger partial charge in [-0.25, -0.2) is 0 Å². The lowest BCUT2D eigenvalue weighted by molar-refractivity contribution is 0.167. The van der Waals surface area contributed by atoms with Gasteiger partial charge < -0.3 is 20.4 Å². The molecule has 0 unspecified atom stereocenters. The van der Waals surface area contributed by atoms with Crippen LogP contribution in [-0.2, 0) is 0 Å². The van der Waals surface area contributed by atoms with Crippen molar-refractivity contribution in [2.24, 2.45) is 10.9 Å². The number of aliphatic imine (C=N–C) groups is 1. The van der Waals surface area contributed by atoms with Crippen molar-refractivity contribution in [3.63, 3.8) is 0 Å². The van der Waals surface area contributed by atoms with E-state index in [1.807, 2.05) is 0 Å². The fourth-order valence-corrected chi connectivity index (χ4v) is 4.02. The van der Waals surface area contributed by atoms with Crippen LogP contribution in [0.4, 0.5) is 0 Å². The topological polar surface area (TPSA) is 42.9 Å². The molecule has 2 N–H and O–H groups in total. The van der Waals surface area contributed by atoms with Gasteiger partial charge in [0, 0.05) is 38.3 Å². The third-order valence-electron chi connectivity index (χ3n) is 5.91. The first kappa shape index (κ1) is 24.0. The Hall–Kier alpha value is -0.0800. The Balaban J connectivity index is 0.00000338. The van der Waals surface area contributed by atoms with E-state index in [1.54, 1.807) is 0 Å². The van der Waals surface area contributed by atoms with Crippen molar-refractivity contribution in [3.05, 3.63) is 0 Å². The Morgan fingerprint density at radius 1 is 1.04 bits per heavy atom. The third kappa shape index (κ3) is 8.30. The summed E-state index contributed by atoms with van der Waals surface area (Å²) >= 11 is 0. The van der Waals surface area contributed by atoms with Gasteiger partial charge >= 0.3 is 0 Å². The van der Waals surface area contributed by atoms with E-state index in [4.69, 9.17) is 4.99 Å². The van der Waals surface area contributed by atoms with Crippen LogP contribution in [0.25, 0.3) is 0 Å². The second-order valence-corrected chi connectivity index (χ2v) is 7.98. The average Bonchev–Trinajstić information content (AvgIpc) is 2.63. The monoisotopic (exact) mass is 479 g/mol. The summed E-state index contributed by atoms with van der Waals surface area (Å²) in [4.78, 5) is 10.0. The summed E-state index contributed by atoms with van der Waals surface area (Å²) in [5.41, 5.74) is 0. The number of hydrogen-bond acceptors (Lipinski definition) is 3. The molecule has 0 aliphatic carbocycles. The van der Waals surface area contributed by atoms with Crippen molar-refractivity contribution in [1.29, 1.82) is 0 Å². The molecule has 0 atom stereocenters. The zero-order chi connectivity index (χ0) is 18.1. The van der Waals surface area contributed by atoms with Crippen molar-refractivity contribution < 1.29 is 0 Å². The predicted molar refractivity (Wildman–Crippen MR) is 124 cm³/mol. The van der Waals surface area contributed by atoms with Crippen molar-refractivity contribution in [1.82, 2.24) is 20.4 Å². The van der Waals surface area contributed by atoms with Gasteiger partial charge in [0.1, 0.15) is 0 Å². The standard InChI is InChI=1S/C20H41N5.HI/c1-5-21-20(23-19-10-15-25(16-11-19)17(3)4)22-12-7-18-8-13-24(6-2)14-9-18;/h17-19H,5-16H2,1-4H3,(H2,21,22,23);1H. The Kier molecular flexibility index (Phi) is 12.1. The lowest BCUT2D eigenvalue weighted by Gasteiger charge is -2.35. The lowest BCUT2D eigenvalue weighted by atomic mass is 9.94. The highest BCUT2D eigenvalue weighted by Gasteiger charge is 2.21. The van der Waals surface area contributed by atoms with Crippen LogP contribution >= 0.6 is 24.0 Å². The van der Waals surface area contributed by atoms with E-state index in [1.165, 1.54) is 64.8 Å². The summed E-state index contributed by atoms with van der Waals surface area (Å²) in [7, 11) is 0. The van der Waals surface area contributed by atoms with Gasteiger partial charge in [-0.05, 0) is 78.4 Å². The highest BCUT2D eigenvalue weighted by atomic mass is 127. The Labute approximate surface area is 178 Å². The highest BCUT2D eigenvalue weighted by Crippen LogP contribution is 2.20. The molecule has 2 heterocycles. The summed E-state index contributed by atoms with van der Waals surface area (Å²) in [6.45, 7) is 17.1. The summed E-state index contributed by atoms with van der Waals surface area (Å²) in [5.74, 6) is 1.89. The largest absolute Gasteiger partial charge is 0.357 e. The molecule has 0 aromatic rings. The Bertz CT molecular complexity index is 386. The number of halogens is 1. The number of nitrogens with one attached hydrogen (secondary N) is 2. The molecule has 0 saturated carbocycles. The van der Waals surface area contributed by atoms with Gasteiger partial charge in [0.25, 0.3) is 0 Å². The van der Waals surface area contributed by atoms with Gasteiger partial charge in [-0.1, -0.05) is 6.92 Å². The molecule has 0 spiro atoms. The maximum Gasteiger partial charge on any atom is 0.191 e. The first-order chi connectivity index (χ1) is 12.1. The van der Waals surface area contributed by atoms with Crippen LogP contribution in [0.15, 0.2) is 4.99 Å². The zero-order valence-electron chi connectivity index (χ0n) is 17.5. The number of nitrogens with zero attached hydrogens (tertiary/aromatic N) is 3. The molecule has 6 heteroatoms. The summed E-state index contributed by atoms with van der Waals surface area (Å²) in [5, 5.41) is 7.11. The fraction of sp³-hybridized carbons (Fsp3) is 0.950. The molecule has 2 rings (SSSR count). The number of likely N-dealkylation sites (tertiary alicyclic amines) is 2. The highest BCUT2D eigenvalue weighted by molar-refractivity contribution is 14.0. The second-order valence-electron chi connectivity index (χ2n) is 7.98. The Morgan fingerprint density at radius 2 is 1.69 bits per heavy atom. The van der Waals surface area contributed by atoms with Crippen molar-refractivity contribution in [2.75, 3.05) is 45.8 Å². The molecule has 26 heavy (non-hydrogen) atoms. The molecule has 0 aromatic carbocycles. The van der Waals surface area contributed by atoms with E-state index in [0.29, 0.717) is 12.1 Å². The molecule has 5 nitrogen and oxygen atoms in total. The third-order valence-corrected chi connectivity index (χ3v) is 5.91. The molecule has 2 saturated heterocycles. The van der Waals surface area contributed by atoms with Crippen LogP contribution < -0.4 is 10.6 Å². The summed E-state index contributed by atoms with van der Waals surface area (Å²) in [6, 6.07) is 1.24. The van der Waals surface area contributed by atoms with E-state index in [0.717, 1.165) is 25.0 Å². The number of guanidine groups is 1. The predicted octanol–water partition coefficient (Wildman–Crippen LogP) is 3.15. The second kappa shape index (κ2) is 13.2. The smallest absolute Gasteiger partial charge is 0.191 e. The Morgan fingerprint density at radius 3 is 2.23 bits per heavy atom. The van der Waals surface area contributed by atoms with E-state index < -0.39 is 0 Å². The van der Waals surface area contributed by atoms with Gasteiger partial charge in [0.2, 0.25) is 0 Å². The first-order valence-corrected chi connectivity index (χ1v) is 10.6. The number of piperidine rings is 2. The van der Waals surface area contributed by atoms with Crippen molar-refractivity contribution >= 4 is 29.9 Å². The maximum absolute atomic E-state index is 4.86. The minimum atomic E-state index is 0. The molecule has 0 aromatic heterocycles. The molecular weight excluding hydrogens is 437 g/mol. The summed E-state index contributed by atoms with van der Waals surface area (Å²) in [6.07, 6.45) is 6.37. The number of rotatable bonds is 7. The molecule has 0 amide bonds. The minimum Gasteiger partial charge on any atom is -0.357 e. The molecule has 2 aliphatic rings. The van der Waals surface area contributed by atoms with Crippen LogP contribution in [0.3, 0.4) is 0 Å². The fourth-order valence-electron chi connectivity index (χ4n) is 4.02. The van der Waals surface area contributed by atoms with Crippen LogP contribution in [0.2, 0.25) is 0 Å². The van der Waals surface area contributed by atoms with E-state index in [-0.39, 0.29) is 24.0 Å². The van der Waals surface area contributed by atoms with Gasteiger partial charge in [-0.15, -0.1) is 24.0 Å². The molecular formula is C20H42IN5. The van der Waals surface area contributed by atoms with E-state index >= 15 is 0 Å². The van der Waals surface area contributed by atoms with E-state index in [9.17, 15) is 0 Å². The molecule has 154 valence electrons. The molecule has 2 fully saturated rings. The van der Waals surface area contributed by atoms with Crippen LogP contribution in [0.5, 0.6) is 0 Å². The average molecular weight is 479 g/mol. The lowest BCUT2D eigenvalue weighted by Crippen LogP contribution is -2.49. The maximum atomic E-state index is 4.86. The molecule has 0 radical (unpaired) electrons. The zero-order valence-corrected chi connectivity index (χ0v) is 19.8.